The highest BCUT2D eigenvalue weighted by atomic mass is 35.5. The van der Waals surface area contributed by atoms with Gasteiger partial charge >= 0.3 is 0 Å². The van der Waals surface area contributed by atoms with Crippen LogP contribution in [-0.4, -0.2) is 17.0 Å². The lowest BCUT2D eigenvalue weighted by Gasteiger charge is -2.19. The fraction of sp³-hybridized carbons (Fsp3) is 0.238. The van der Waals surface area contributed by atoms with E-state index in [-0.39, 0.29) is 22.1 Å². The van der Waals surface area contributed by atoms with E-state index >= 15 is 0 Å². The number of nitrogens with one attached hydrogen (secondary N) is 1. The van der Waals surface area contributed by atoms with Gasteiger partial charge in [-0.25, -0.2) is 0 Å². The third kappa shape index (κ3) is 3.41. The summed E-state index contributed by atoms with van der Waals surface area (Å²) in [5.41, 5.74) is 3.69. The number of halogens is 1. The first-order valence-electron chi connectivity index (χ1n) is 9.02. The molecule has 0 aliphatic carbocycles. The van der Waals surface area contributed by atoms with E-state index in [0.717, 1.165) is 22.0 Å². The summed E-state index contributed by atoms with van der Waals surface area (Å²) >= 11 is 9.65. The van der Waals surface area contributed by atoms with Gasteiger partial charge in [-0.2, -0.15) is 11.3 Å². The van der Waals surface area contributed by atoms with Gasteiger partial charge in [0.1, 0.15) is 5.56 Å². The smallest absolute Gasteiger partial charge is 0.257 e. The SMILES string of the molecule is CCNC(=O)c1c2n(c(C)cc1=O)-c1ccc(Cl)cc1SC(c1ccsc1)C2. The van der Waals surface area contributed by atoms with Gasteiger partial charge in [-0.3, -0.25) is 9.59 Å². The molecule has 1 aromatic carbocycles. The molecule has 4 nitrogen and oxygen atoms in total. The Labute approximate surface area is 176 Å². The van der Waals surface area contributed by atoms with Crippen molar-refractivity contribution >= 4 is 40.6 Å². The zero-order chi connectivity index (χ0) is 19.8. The molecule has 144 valence electrons. The van der Waals surface area contributed by atoms with E-state index in [0.29, 0.717) is 18.0 Å². The molecule has 0 saturated carbocycles. The lowest BCUT2D eigenvalue weighted by atomic mass is 10.0. The van der Waals surface area contributed by atoms with Crippen molar-refractivity contribution in [3.63, 3.8) is 0 Å². The zero-order valence-corrected chi connectivity index (χ0v) is 17.9. The number of aryl methyl sites for hydroxylation is 1. The summed E-state index contributed by atoms with van der Waals surface area (Å²) in [6.07, 6.45) is 0.580. The van der Waals surface area contributed by atoms with Gasteiger partial charge in [0, 0.05) is 45.6 Å². The number of fused-ring (bicyclic) bond motifs is 3. The summed E-state index contributed by atoms with van der Waals surface area (Å²) in [6.45, 7) is 4.23. The maximum Gasteiger partial charge on any atom is 0.257 e. The molecule has 28 heavy (non-hydrogen) atoms. The van der Waals surface area contributed by atoms with E-state index < -0.39 is 0 Å². The maximum atomic E-state index is 12.8. The van der Waals surface area contributed by atoms with E-state index in [4.69, 9.17) is 11.6 Å². The van der Waals surface area contributed by atoms with Crippen LogP contribution in [0.1, 0.15) is 39.5 Å². The van der Waals surface area contributed by atoms with Crippen LogP contribution in [0.3, 0.4) is 0 Å². The molecule has 4 rings (SSSR count). The Balaban J connectivity index is 2.02. The van der Waals surface area contributed by atoms with Crippen LogP contribution < -0.4 is 10.7 Å². The van der Waals surface area contributed by atoms with Crippen LogP contribution in [0.4, 0.5) is 0 Å². The molecule has 1 amide bonds. The van der Waals surface area contributed by atoms with Gasteiger partial charge in [0.05, 0.1) is 5.69 Å². The topological polar surface area (TPSA) is 51.1 Å². The standard InChI is InChI=1S/C21H19ClN2O2S2/c1-3-23-21(26)20-16-10-18(13-6-7-27-11-13)28-19-9-14(22)4-5-15(19)24(16)12(2)8-17(20)25/h4-9,11,18H,3,10H2,1-2H3,(H,23,26). The number of carbonyl (C=O) groups excluding carboxylic acids is 1. The minimum atomic E-state index is -0.317. The zero-order valence-electron chi connectivity index (χ0n) is 15.5. The number of thioether (sulfide) groups is 1. The van der Waals surface area contributed by atoms with Gasteiger partial charge < -0.3 is 9.88 Å². The molecule has 7 heteroatoms. The predicted octanol–water partition coefficient (Wildman–Crippen LogP) is 5.00. The molecule has 1 aliphatic heterocycles. The largest absolute Gasteiger partial charge is 0.352 e. The van der Waals surface area contributed by atoms with Crippen LogP contribution in [0.15, 0.2) is 50.8 Å². The predicted molar refractivity (Wildman–Crippen MR) is 116 cm³/mol. The number of nitrogens with zero attached hydrogens (tertiary/aromatic N) is 1. The summed E-state index contributed by atoms with van der Waals surface area (Å²) in [5.74, 6) is -0.317. The Morgan fingerprint density at radius 3 is 2.86 bits per heavy atom. The molecule has 1 unspecified atom stereocenters. The number of carbonyl (C=O) groups is 1. The molecule has 3 aromatic rings. The maximum absolute atomic E-state index is 12.8. The van der Waals surface area contributed by atoms with Crippen LogP contribution in [0, 0.1) is 6.92 Å². The Kier molecular flexibility index (Phi) is 5.36. The van der Waals surface area contributed by atoms with Crippen LogP contribution in [0.5, 0.6) is 0 Å². The van der Waals surface area contributed by atoms with E-state index in [1.807, 2.05) is 42.0 Å². The fourth-order valence-electron chi connectivity index (χ4n) is 3.60. The van der Waals surface area contributed by atoms with Crippen molar-refractivity contribution in [3.8, 4) is 5.69 Å². The highest BCUT2D eigenvalue weighted by Gasteiger charge is 2.29. The van der Waals surface area contributed by atoms with Gasteiger partial charge in [-0.15, -0.1) is 11.8 Å². The van der Waals surface area contributed by atoms with Crippen molar-refractivity contribution < 1.29 is 4.79 Å². The average Bonchev–Trinajstić information content (AvgIpc) is 3.11. The third-order valence-corrected chi connectivity index (χ3v) is 7.03. The Morgan fingerprint density at radius 1 is 1.32 bits per heavy atom. The number of benzene rings is 1. The first kappa shape index (κ1) is 19.3. The summed E-state index contributed by atoms with van der Waals surface area (Å²) in [7, 11) is 0. The Bertz CT molecular complexity index is 1110. The lowest BCUT2D eigenvalue weighted by Crippen LogP contribution is -2.32. The van der Waals surface area contributed by atoms with E-state index in [2.05, 4.69) is 16.8 Å². The van der Waals surface area contributed by atoms with E-state index in [1.165, 1.54) is 5.56 Å². The third-order valence-electron chi connectivity index (χ3n) is 4.79. The van der Waals surface area contributed by atoms with Crippen molar-refractivity contribution in [1.82, 2.24) is 9.88 Å². The van der Waals surface area contributed by atoms with Crippen molar-refractivity contribution in [1.29, 1.82) is 0 Å². The molecule has 1 atom stereocenters. The fourth-order valence-corrected chi connectivity index (χ4v) is 5.94. The summed E-state index contributed by atoms with van der Waals surface area (Å²) in [4.78, 5) is 26.6. The molecular formula is C21H19ClN2O2S2. The molecule has 1 N–H and O–H groups in total. The van der Waals surface area contributed by atoms with Crippen molar-refractivity contribution in [2.45, 2.75) is 30.4 Å². The van der Waals surface area contributed by atoms with Crippen molar-refractivity contribution in [2.24, 2.45) is 0 Å². The molecule has 3 heterocycles. The van der Waals surface area contributed by atoms with E-state index in [9.17, 15) is 9.59 Å². The van der Waals surface area contributed by atoms with Gasteiger partial charge in [-0.05, 0) is 54.4 Å². The minimum absolute atomic E-state index is 0.0894. The number of pyridine rings is 1. The second kappa shape index (κ2) is 7.78. The molecule has 2 aromatic heterocycles. The summed E-state index contributed by atoms with van der Waals surface area (Å²) < 4.78 is 2.04. The molecule has 0 bridgehead atoms. The van der Waals surface area contributed by atoms with Crippen LogP contribution in [-0.2, 0) is 6.42 Å². The van der Waals surface area contributed by atoms with E-state index in [1.54, 1.807) is 29.2 Å². The molecular weight excluding hydrogens is 412 g/mol. The Morgan fingerprint density at radius 2 is 2.14 bits per heavy atom. The average molecular weight is 431 g/mol. The van der Waals surface area contributed by atoms with Crippen molar-refractivity contribution in [2.75, 3.05) is 6.54 Å². The number of rotatable bonds is 3. The lowest BCUT2D eigenvalue weighted by molar-refractivity contribution is 0.0953. The number of amides is 1. The van der Waals surface area contributed by atoms with Gasteiger partial charge in [0.15, 0.2) is 5.43 Å². The van der Waals surface area contributed by atoms with Gasteiger partial charge in [0.2, 0.25) is 0 Å². The van der Waals surface area contributed by atoms with Crippen LogP contribution >= 0.6 is 34.7 Å². The summed E-state index contributed by atoms with van der Waals surface area (Å²) in [6, 6.07) is 9.41. The quantitative estimate of drug-likeness (QED) is 0.636. The molecule has 0 radical (unpaired) electrons. The van der Waals surface area contributed by atoms with Crippen molar-refractivity contribution in [3.05, 3.63) is 78.9 Å². The number of aromatic nitrogens is 1. The van der Waals surface area contributed by atoms with Crippen LogP contribution in [0.2, 0.25) is 5.02 Å². The van der Waals surface area contributed by atoms with Gasteiger partial charge in [-0.1, -0.05) is 11.6 Å². The van der Waals surface area contributed by atoms with Gasteiger partial charge in [0.25, 0.3) is 5.91 Å². The first-order valence-corrected chi connectivity index (χ1v) is 11.2. The second-order valence-electron chi connectivity index (χ2n) is 6.65. The highest BCUT2D eigenvalue weighted by Crippen LogP contribution is 2.45. The summed E-state index contributed by atoms with van der Waals surface area (Å²) in [5, 5.41) is 7.73. The number of thiophene rings is 1. The second-order valence-corrected chi connectivity index (χ2v) is 9.11. The number of hydrogen-bond acceptors (Lipinski definition) is 4. The Hall–Kier alpha value is -2.02. The molecule has 0 spiro atoms. The minimum Gasteiger partial charge on any atom is -0.352 e. The normalized spacial score (nSPS) is 15.5. The monoisotopic (exact) mass is 430 g/mol. The molecule has 0 saturated heterocycles. The molecule has 1 aliphatic rings. The van der Waals surface area contributed by atoms with Crippen LogP contribution in [0.25, 0.3) is 5.69 Å². The molecule has 0 fully saturated rings. The number of hydrogen-bond donors (Lipinski definition) is 1. The highest BCUT2D eigenvalue weighted by molar-refractivity contribution is 7.99. The first-order chi connectivity index (χ1) is 13.5.